The van der Waals surface area contributed by atoms with E-state index in [0.717, 1.165) is 25.2 Å². The molecule has 0 bridgehead atoms. The summed E-state index contributed by atoms with van der Waals surface area (Å²) in [6.07, 6.45) is 0.0543. The van der Waals surface area contributed by atoms with Crippen molar-refractivity contribution in [2.75, 3.05) is 39.0 Å². The van der Waals surface area contributed by atoms with Crippen LogP contribution in [0.4, 0.5) is 19.0 Å². The van der Waals surface area contributed by atoms with Crippen molar-refractivity contribution in [1.82, 2.24) is 25.0 Å². The quantitative estimate of drug-likeness (QED) is 0.514. The van der Waals surface area contributed by atoms with Crippen LogP contribution in [0.3, 0.4) is 0 Å². The van der Waals surface area contributed by atoms with Gasteiger partial charge in [0.2, 0.25) is 0 Å². The lowest BCUT2D eigenvalue weighted by atomic mass is 9.94. The lowest BCUT2D eigenvalue weighted by Gasteiger charge is -2.21. The van der Waals surface area contributed by atoms with Crippen LogP contribution >= 0.6 is 0 Å². The first-order chi connectivity index (χ1) is 16.5. The molecule has 0 amide bonds. The average molecular weight is 515 g/mol. The normalized spacial score (nSPS) is 20.1. The first-order valence-electron chi connectivity index (χ1n) is 12.6. The molecular weight excluding hydrogens is 469 g/mol. The minimum absolute atomic E-state index is 0. The highest BCUT2D eigenvalue weighted by molar-refractivity contribution is 5.64. The zero-order chi connectivity index (χ0) is 26.2. The van der Waals surface area contributed by atoms with E-state index < -0.39 is 12.1 Å². The van der Waals surface area contributed by atoms with Gasteiger partial charge in [0, 0.05) is 55.6 Å². The second kappa shape index (κ2) is 14.4. The molecule has 4 rings (SSSR count). The monoisotopic (exact) mass is 514 g/mol. The van der Waals surface area contributed by atoms with Gasteiger partial charge in [0.15, 0.2) is 11.6 Å². The summed E-state index contributed by atoms with van der Waals surface area (Å²) >= 11 is 0. The van der Waals surface area contributed by atoms with Gasteiger partial charge in [-0.25, -0.2) is 4.98 Å². The second-order valence-electron chi connectivity index (χ2n) is 9.22. The summed E-state index contributed by atoms with van der Waals surface area (Å²) in [6.45, 7) is 15.1. The molecule has 1 saturated heterocycles. The van der Waals surface area contributed by atoms with Gasteiger partial charge in [-0.3, -0.25) is 4.68 Å². The van der Waals surface area contributed by atoms with Crippen LogP contribution in [0.15, 0.2) is 18.3 Å². The number of nitrogens with one attached hydrogen (secondary N) is 1. The highest BCUT2D eigenvalue weighted by atomic mass is 19.4. The van der Waals surface area contributed by atoms with Crippen LogP contribution in [0.1, 0.15) is 79.0 Å². The second-order valence-corrected chi connectivity index (χ2v) is 9.22. The Kier molecular flexibility index (Phi) is 12.7. The zero-order valence-corrected chi connectivity index (χ0v) is 21.8. The van der Waals surface area contributed by atoms with Crippen LogP contribution in [0.25, 0.3) is 11.3 Å². The first kappa shape index (κ1) is 31.7. The number of likely N-dealkylation sites (N-methyl/N-ethyl adjacent to an activating group) is 1. The van der Waals surface area contributed by atoms with Gasteiger partial charge in [-0.1, -0.05) is 41.0 Å². The summed E-state index contributed by atoms with van der Waals surface area (Å²) in [4.78, 5) is 6.17. The van der Waals surface area contributed by atoms with Crippen LogP contribution in [-0.2, 0) is 0 Å². The number of hydrogen-bond donors (Lipinski definition) is 2. The Morgan fingerprint density at radius 1 is 1.14 bits per heavy atom. The molecule has 1 aliphatic heterocycles. The third kappa shape index (κ3) is 8.96. The Hall–Kier alpha value is -2.33. The third-order valence-electron chi connectivity index (χ3n) is 6.24. The Balaban J connectivity index is 0.000000553. The van der Waals surface area contributed by atoms with E-state index >= 15 is 0 Å². The minimum Gasteiger partial charge on any atom is -0.402 e. The van der Waals surface area contributed by atoms with Gasteiger partial charge in [-0.15, -0.1) is 13.2 Å². The number of halogens is 3. The fourth-order valence-corrected chi connectivity index (χ4v) is 4.40. The van der Waals surface area contributed by atoms with E-state index in [1.54, 1.807) is 0 Å². The molecule has 2 fully saturated rings. The van der Waals surface area contributed by atoms with E-state index in [0.29, 0.717) is 23.1 Å². The van der Waals surface area contributed by atoms with E-state index in [1.807, 2.05) is 38.4 Å². The fourth-order valence-electron chi connectivity index (χ4n) is 4.40. The summed E-state index contributed by atoms with van der Waals surface area (Å²) in [5, 5.41) is 7.90. The summed E-state index contributed by atoms with van der Waals surface area (Å²) in [7, 11) is 2.15. The van der Waals surface area contributed by atoms with Crippen LogP contribution in [0, 0.1) is 5.92 Å². The molecule has 10 heteroatoms. The number of nitrogen functional groups attached to an aromatic ring is 1. The average Bonchev–Trinajstić information content (AvgIpc) is 3.43. The van der Waals surface area contributed by atoms with Crippen molar-refractivity contribution in [3.63, 3.8) is 0 Å². The summed E-state index contributed by atoms with van der Waals surface area (Å²) in [6, 6.07) is 3.35. The van der Waals surface area contributed by atoms with Crippen molar-refractivity contribution >= 4 is 5.82 Å². The predicted molar refractivity (Wildman–Crippen MR) is 141 cm³/mol. The standard InChI is InChI=1S/C18H23F3N4O.C5H12N2.C2H6.CH4/c1-10(2)25-15(13-6-4-5-11(13)3)8-14(24-25)12-7-16(17(22)23-9-12)26-18(19,20)21;1-7-4-2-6-3-5-7;1-2;/h7-11,13H,4-6H2,1-3H3,(H2,22,23);6H,2-5H2,1H3;1-2H3;1H4/t11?,13-;;;/m1.../s1. The number of anilines is 1. The molecule has 0 radical (unpaired) electrons. The maximum Gasteiger partial charge on any atom is 0.573 e. The molecule has 3 heterocycles. The molecule has 36 heavy (non-hydrogen) atoms. The number of rotatable bonds is 4. The SMILES string of the molecule is C.CC.CC1CCC[C@H]1c1cc(-c2cnc(N)c(OC(F)(F)F)c2)nn1C(C)C.CN1CCNCC1. The molecular formula is C26H45F3N6O. The van der Waals surface area contributed by atoms with E-state index in [4.69, 9.17) is 5.73 Å². The minimum atomic E-state index is -4.82. The van der Waals surface area contributed by atoms with Gasteiger partial charge in [-0.2, -0.15) is 5.10 Å². The summed E-state index contributed by atoms with van der Waals surface area (Å²) < 4.78 is 43.6. The number of pyridine rings is 1. The predicted octanol–water partition coefficient (Wildman–Crippen LogP) is 6.09. The van der Waals surface area contributed by atoms with Gasteiger partial charge in [0.1, 0.15) is 0 Å². The van der Waals surface area contributed by atoms with Crippen molar-refractivity contribution in [2.45, 2.75) is 79.6 Å². The number of alkyl halides is 3. The van der Waals surface area contributed by atoms with Gasteiger partial charge < -0.3 is 20.7 Å². The topological polar surface area (TPSA) is 81.2 Å². The lowest BCUT2D eigenvalue weighted by Crippen LogP contribution is -2.40. The molecule has 0 spiro atoms. The highest BCUT2D eigenvalue weighted by Crippen LogP contribution is 2.41. The van der Waals surface area contributed by atoms with E-state index in [1.165, 1.54) is 38.2 Å². The Morgan fingerprint density at radius 3 is 2.25 bits per heavy atom. The Bertz CT molecular complexity index is 910. The molecule has 1 saturated carbocycles. The first-order valence-corrected chi connectivity index (χ1v) is 12.6. The molecule has 0 aromatic carbocycles. The van der Waals surface area contributed by atoms with Gasteiger partial charge >= 0.3 is 6.36 Å². The molecule has 206 valence electrons. The van der Waals surface area contributed by atoms with Crippen LogP contribution < -0.4 is 15.8 Å². The van der Waals surface area contributed by atoms with E-state index in [2.05, 4.69) is 39.0 Å². The van der Waals surface area contributed by atoms with E-state index in [9.17, 15) is 13.2 Å². The van der Waals surface area contributed by atoms with Crippen molar-refractivity contribution in [1.29, 1.82) is 0 Å². The Morgan fingerprint density at radius 2 is 1.78 bits per heavy atom. The van der Waals surface area contributed by atoms with Gasteiger partial charge in [-0.05, 0) is 45.4 Å². The van der Waals surface area contributed by atoms with E-state index in [-0.39, 0.29) is 19.3 Å². The Labute approximate surface area is 214 Å². The zero-order valence-electron chi connectivity index (χ0n) is 21.8. The van der Waals surface area contributed by atoms with Crippen LogP contribution in [0.2, 0.25) is 0 Å². The smallest absolute Gasteiger partial charge is 0.402 e. The summed E-state index contributed by atoms with van der Waals surface area (Å²) in [5.74, 6) is 0.154. The van der Waals surface area contributed by atoms with Crippen LogP contribution in [-0.4, -0.2) is 59.3 Å². The molecule has 2 aromatic heterocycles. The largest absolute Gasteiger partial charge is 0.573 e. The summed E-state index contributed by atoms with van der Waals surface area (Å²) in [5.41, 5.74) is 7.66. The molecule has 2 aliphatic rings. The van der Waals surface area contributed by atoms with Crippen molar-refractivity contribution < 1.29 is 17.9 Å². The van der Waals surface area contributed by atoms with Gasteiger partial charge in [0.25, 0.3) is 0 Å². The number of ether oxygens (including phenoxy) is 1. The molecule has 3 N–H and O–H groups in total. The van der Waals surface area contributed by atoms with Gasteiger partial charge in [0.05, 0.1) is 5.69 Å². The maximum atomic E-state index is 12.6. The highest BCUT2D eigenvalue weighted by Gasteiger charge is 2.33. The van der Waals surface area contributed by atoms with Crippen molar-refractivity contribution in [3.8, 4) is 17.0 Å². The maximum absolute atomic E-state index is 12.6. The van der Waals surface area contributed by atoms with Crippen LogP contribution in [0.5, 0.6) is 5.75 Å². The number of nitrogens with two attached hydrogens (primary N) is 1. The molecule has 1 unspecified atom stereocenters. The number of hydrogen-bond acceptors (Lipinski definition) is 6. The van der Waals surface area contributed by atoms with Crippen molar-refractivity contribution in [2.24, 2.45) is 5.92 Å². The fraction of sp³-hybridized carbons (Fsp3) is 0.692. The lowest BCUT2D eigenvalue weighted by molar-refractivity contribution is -0.274. The molecule has 7 nitrogen and oxygen atoms in total. The third-order valence-corrected chi connectivity index (χ3v) is 6.24. The molecule has 1 aliphatic carbocycles. The van der Waals surface area contributed by atoms with Crippen molar-refractivity contribution in [3.05, 3.63) is 24.0 Å². The molecule has 2 atom stereocenters. The number of aromatic nitrogens is 3. The molecule has 2 aromatic rings. The number of piperazine rings is 1. The number of nitrogens with zero attached hydrogens (tertiary/aromatic N) is 4.